The number of likely N-dealkylation sites (tertiary alicyclic amines) is 1. The molecule has 1 atom stereocenters. The Morgan fingerprint density at radius 2 is 1.84 bits per heavy atom. The third kappa shape index (κ3) is 6.38. The first-order chi connectivity index (χ1) is 17.7. The van der Waals surface area contributed by atoms with E-state index in [4.69, 9.17) is 4.74 Å². The van der Waals surface area contributed by atoms with Gasteiger partial charge in [0, 0.05) is 44.4 Å². The van der Waals surface area contributed by atoms with Gasteiger partial charge in [-0.1, -0.05) is 6.07 Å². The molecule has 5 nitrogen and oxygen atoms in total. The van der Waals surface area contributed by atoms with Crippen LogP contribution in [0, 0.1) is 11.6 Å². The molecule has 2 heterocycles. The molecule has 3 aliphatic rings. The number of hydrogen-bond donors (Lipinski definition) is 1. The molecular weight excluding hydrogens is 513 g/mol. The predicted molar refractivity (Wildman–Crippen MR) is 130 cm³/mol. The standard InChI is InChI=1S/C26H28F5N3O2S/c27-18-7-6-17(22(11-18)26(29,30)31)14-33-8-1-3-19(15-33)36-24-13-23(28)21(12-20(24)16-4-5-16)25(35)32-37-34-9-2-10-34/h6-7,11-13,16,19H,1-5,8-10,14-15H2,(H,32,35)/t19-/m1/s1. The summed E-state index contributed by atoms with van der Waals surface area (Å²) < 4.78 is 79.6. The summed E-state index contributed by atoms with van der Waals surface area (Å²) in [4.78, 5) is 14.4. The molecule has 0 unspecified atom stereocenters. The number of benzene rings is 2. The van der Waals surface area contributed by atoms with Gasteiger partial charge in [-0.2, -0.15) is 13.2 Å². The first-order valence-electron chi connectivity index (χ1n) is 12.5. The van der Waals surface area contributed by atoms with Crippen LogP contribution in [0.4, 0.5) is 22.0 Å². The molecule has 2 aromatic rings. The normalized spacial score (nSPS) is 20.9. The molecule has 200 valence electrons. The summed E-state index contributed by atoms with van der Waals surface area (Å²) in [6.45, 7) is 2.70. The second kappa shape index (κ2) is 10.8. The number of carbonyl (C=O) groups is 1. The summed E-state index contributed by atoms with van der Waals surface area (Å²) in [6, 6.07) is 5.57. The molecule has 2 aliphatic heterocycles. The van der Waals surface area contributed by atoms with Crippen molar-refractivity contribution in [1.29, 1.82) is 0 Å². The molecule has 1 amide bonds. The summed E-state index contributed by atoms with van der Waals surface area (Å²) in [5, 5.41) is 0. The van der Waals surface area contributed by atoms with Gasteiger partial charge < -0.3 is 4.74 Å². The van der Waals surface area contributed by atoms with Gasteiger partial charge in [-0.3, -0.25) is 14.4 Å². The smallest absolute Gasteiger partial charge is 0.416 e. The Hall–Kier alpha value is -2.37. The van der Waals surface area contributed by atoms with Crippen molar-refractivity contribution in [2.45, 2.75) is 56.8 Å². The first kappa shape index (κ1) is 26.2. The van der Waals surface area contributed by atoms with E-state index in [2.05, 4.69) is 4.72 Å². The minimum atomic E-state index is -4.65. The largest absolute Gasteiger partial charge is 0.489 e. The number of hydrogen-bond acceptors (Lipinski definition) is 5. The minimum absolute atomic E-state index is 0.00530. The SMILES string of the molecule is O=C(NSN1CCC1)c1cc(C2CC2)c(O[C@@H]2CCCN(Cc3ccc(F)cc3C(F)(F)F)C2)cc1F. The highest BCUT2D eigenvalue weighted by atomic mass is 32.2. The molecule has 1 aliphatic carbocycles. The number of nitrogens with one attached hydrogen (secondary N) is 1. The van der Waals surface area contributed by atoms with Gasteiger partial charge in [0.2, 0.25) is 0 Å². The fraction of sp³-hybridized carbons (Fsp3) is 0.500. The van der Waals surface area contributed by atoms with Crippen LogP contribution in [0.25, 0.3) is 0 Å². The molecular formula is C26H28F5N3O2S. The van der Waals surface area contributed by atoms with E-state index >= 15 is 0 Å². The lowest BCUT2D eigenvalue weighted by molar-refractivity contribution is -0.138. The van der Waals surface area contributed by atoms with Gasteiger partial charge in [0.05, 0.1) is 11.1 Å². The molecule has 0 radical (unpaired) electrons. The van der Waals surface area contributed by atoms with Crippen LogP contribution >= 0.6 is 12.1 Å². The Kier molecular flexibility index (Phi) is 7.65. The first-order valence-corrected chi connectivity index (χ1v) is 13.2. The Bertz CT molecular complexity index is 1150. The monoisotopic (exact) mass is 541 g/mol. The Morgan fingerprint density at radius 3 is 2.51 bits per heavy atom. The molecule has 1 saturated carbocycles. The van der Waals surface area contributed by atoms with Crippen molar-refractivity contribution in [2.24, 2.45) is 0 Å². The van der Waals surface area contributed by atoms with Crippen molar-refractivity contribution in [3.63, 3.8) is 0 Å². The molecule has 5 rings (SSSR count). The molecule has 0 aromatic heterocycles. The lowest BCUT2D eigenvalue weighted by Gasteiger charge is -2.34. The third-order valence-electron chi connectivity index (χ3n) is 6.97. The van der Waals surface area contributed by atoms with Crippen LogP contribution in [-0.4, -0.2) is 47.4 Å². The van der Waals surface area contributed by atoms with Crippen LogP contribution in [0.1, 0.15) is 65.1 Å². The van der Waals surface area contributed by atoms with Gasteiger partial charge in [-0.25, -0.2) is 13.1 Å². The maximum absolute atomic E-state index is 15.0. The summed E-state index contributed by atoms with van der Waals surface area (Å²) in [5.41, 5.74) is -0.209. The fourth-order valence-electron chi connectivity index (χ4n) is 4.72. The lowest BCUT2D eigenvalue weighted by Crippen LogP contribution is -2.41. The number of carbonyl (C=O) groups excluding carboxylic acids is 1. The number of alkyl halides is 3. The van der Waals surface area contributed by atoms with Crippen LogP contribution < -0.4 is 9.46 Å². The van der Waals surface area contributed by atoms with Gasteiger partial charge in [0.15, 0.2) is 0 Å². The van der Waals surface area contributed by atoms with E-state index in [9.17, 15) is 26.7 Å². The molecule has 2 saturated heterocycles. The third-order valence-corrected chi connectivity index (χ3v) is 7.87. The molecule has 1 N–H and O–H groups in total. The number of amides is 1. The highest BCUT2D eigenvalue weighted by Gasteiger charge is 2.35. The van der Waals surface area contributed by atoms with E-state index in [-0.39, 0.29) is 29.7 Å². The predicted octanol–water partition coefficient (Wildman–Crippen LogP) is 5.90. The van der Waals surface area contributed by atoms with Crippen LogP contribution in [0.15, 0.2) is 30.3 Å². The van der Waals surface area contributed by atoms with Gasteiger partial charge >= 0.3 is 6.18 Å². The number of halogens is 5. The Labute approximate surface area is 216 Å². The van der Waals surface area contributed by atoms with E-state index in [1.54, 1.807) is 6.07 Å². The topological polar surface area (TPSA) is 44.8 Å². The van der Waals surface area contributed by atoms with Crippen molar-refractivity contribution in [2.75, 3.05) is 26.2 Å². The highest BCUT2D eigenvalue weighted by molar-refractivity contribution is 7.95. The summed E-state index contributed by atoms with van der Waals surface area (Å²) in [5.74, 6) is -1.52. The lowest BCUT2D eigenvalue weighted by atomic mass is 10.0. The summed E-state index contributed by atoms with van der Waals surface area (Å²) in [7, 11) is 0. The number of piperidine rings is 1. The second-order valence-electron chi connectivity index (χ2n) is 9.87. The van der Waals surface area contributed by atoms with E-state index in [0.717, 1.165) is 44.0 Å². The van der Waals surface area contributed by atoms with Crippen molar-refractivity contribution in [1.82, 2.24) is 13.9 Å². The average Bonchev–Trinajstić information content (AvgIpc) is 3.64. The van der Waals surface area contributed by atoms with Crippen molar-refractivity contribution < 1.29 is 31.5 Å². The zero-order chi connectivity index (χ0) is 26.2. The molecule has 3 fully saturated rings. The van der Waals surface area contributed by atoms with Crippen molar-refractivity contribution in [3.05, 3.63) is 64.2 Å². The zero-order valence-corrected chi connectivity index (χ0v) is 20.9. The van der Waals surface area contributed by atoms with Crippen LogP contribution in [0.5, 0.6) is 5.75 Å². The maximum Gasteiger partial charge on any atom is 0.416 e. The number of ether oxygens (including phenoxy) is 1. The van der Waals surface area contributed by atoms with E-state index in [1.165, 1.54) is 24.3 Å². The average molecular weight is 542 g/mol. The number of nitrogens with zero attached hydrogens (tertiary/aromatic N) is 2. The van der Waals surface area contributed by atoms with E-state index < -0.39 is 29.3 Å². The van der Waals surface area contributed by atoms with Gasteiger partial charge in [0.1, 0.15) is 23.5 Å². The van der Waals surface area contributed by atoms with E-state index in [0.29, 0.717) is 37.7 Å². The quantitative estimate of drug-likeness (QED) is 0.333. The summed E-state index contributed by atoms with van der Waals surface area (Å²) >= 11 is 1.18. The van der Waals surface area contributed by atoms with E-state index in [1.807, 2.05) is 9.21 Å². The minimum Gasteiger partial charge on any atom is -0.489 e. The van der Waals surface area contributed by atoms with Crippen molar-refractivity contribution in [3.8, 4) is 5.75 Å². The summed E-state index contributed by atoms with van der Waals surface area (Å²) in [6.07, 6.45) is -0.708. The highest BCUT2D eigenvalue weighted by Crippen LogP contribution is 2.45. The zero-order valence-electron chi connectivity index (χ0n) is 20.1. The molecule has 0 bridgehead atoms. The van der Waals surface area contributed by atoms with Gasteiger partial charge in [-0.15, -0.1) is 0 Å². The van der Waals surface area contributed by atoms with Crippen LogP contribution in [-0.2, 0) is 12.7 Å². The van der Waals surface area contributed by atoms with Gasteiger partial charge in [-0.05, 0) is 73.9 Å². The van der Waals surface area contributed by atoms with Crippen LogP contribution in [0.2, 0.25) is 0 Å². The van der Waals surface area contributed by atoms with Gasteiger partial charge in [0.25, 0.3) is 5.91 Å². The van der Waals surface area contributed by atoms with Crippen LogP contribution in [0.3, 0.4) is 0 Å². The molecule has 37 heavy (non-hydrogen) atoms. The molecule has 0 spiro atoms. The number of rotatable bonds is 8. The second-order valence-corrected chi connectivity index (χ2v) is 10.8. The Morgan fingerprint density at radius 1 is 1.05 bits per heavy atom. The van der Waals surface area contributed by atoms with Crippen molar-refractivity contribution >= 4 is 18.0 Å². The fourth-order valence-corrected chi connectivity index (χ4v) is 5.49. The molecule has 11 heteroatoms. The Balaban J connectivity index is 1.28. The molecule has 2 aromatic carbocycles. The maximum atomic E-state index is 15.0.